The first kappa shape index (κ1) is 13.9. The Morgan fingerprint density at radius 2 is 1.88 bits per heavy atom. The van der Waals surface area contributed by atoms with Crippen molar-refractivity contribution in [3.05, 3.63) is 0 Å². The molecule has 0 aromatic rings. The van der Waals surface area contributed by atoms with Crippen LogP contribution in [0.4, 0.5) is 0 Å². The quantitative estimate of drug-likeness (QED) is 0.559. The lowest BCUT2D eigenvalue weighted by molar-refractivity contribution is -0.142. The SMILES string of the molecule is O=C(O)COCCOCCNC(=O)C1CCC1. The van der Waals surface area contributed by atoms with Gasteiger partial charge in [0, 0.05) is 12.5 Å². The van der Waals surface area contributed by atoms with E-state index in [9.17, 15) is 9.59 Å². The Morgan fingerprint density at radius 1 is 1.18 bits per heavy atom. The molecule has 1 aliphatic rings. The van der Waals surface area contributed by atoms with Crippen LogP contribution in [0.3, 0.4) is 0 Å². The molecule has 0 bridgehead atoms. The lowest BCUT2D eigenvalue weighted by atomic mass is 9.85. The van der Waals surface area contributed by atoms with Crippen LogP contribution in [-0.2, 0) is 19.1 Å². The molecule has 98 valence electrons. The van der Waals surface area contributed by atoms with Crippen LogP contribution in [0, 0.1) is 5.92 Å². The zero-order valence-electron chi connectivity index (χ0n) is 9.81. The molecule has 2 N–H and O–H groups in total. The Hall–Kier alpha value is -1.14. The highest BCUT2D eigenvalue weighted by atomic mass is 16.5. The fourth-order valence-electron chi connectivity index (χ4n) is 1.44. The number of nitrogens with one attached hydrogen (secondary N) is 1. The largest absolute Gasteiger partial charge is 0.480 e. The third-order valence-electron chi connectivity index (χ3n) is 2.62. The number of carboxylic acids is 1. The van der Waals surface area contributed by atoms with E-state index in [4.69, 9.17) is 14.6 Å². The Morgan fingerprint density at radius 3 is 2.47 bits per heavy atom. The first-order valence-corrected chi connectivity index (χ1v) is 5.85. The van der Waals surface area contributed by atoms with Gasteiger partial charge < -0.3 is 19.9 Å². The third kappa shape index (κ3) is 6.23. The minimum absolute atomic E-state index is 0.113. The number of amides is 1. The molecule has 0 spiro atoms. The van der Waals surface area contributed by atoms with Crippen molar-refractivity contribution < 1.29 is 24.2 Å². The first-order valence-electron chi connectivity index (χ1n) is 5.85. The predicted molar refractivity (Wildman–Crippen MR) is 59.6 cm³/mol. The minimum Gasteiger partial charge on any atom is -0.480 e. The molecule has 0 heterocycles. The zero-order valence-corrected chi connectivity index (χ0v) is 9.81. The van der Waals surface area contributed by atoms with E-state index < -0.39 is 5.97 Å². The van der Waals surface area contributed by atoms with Gasteiger partial charge in [0.25, 0.3) is 0 Å². The van der Waals surface area contributed by atoms with Crippen molar-refractivity contribution in [3.8, 4) is 0 Å². The monoisotopic (exact) mass is 245 g/mol. The van der Waals surface area contributed by atoms with Crippen molar-refractivity contribution in [2.75, 3.05) is 33.0 Å². The Kier molecular flexibility index (Phi) is 6.57. The molecular weight excluding hydrogens is 226 g/mol. The average molecular weight is 245 g/mol. The summed E-state index contributed by atoms with van der Waals surface area (Å²) in [4.78, 5) is 21.5. The number of carbonyl (C=O) groups is 2. The molecule has 6 nitrogen and oxygen atoms in total. The van der Waals surface area contributed by atoms with E-state index in [1.54, 1.807) is 0 Å². The molecule has 1 fully saturated rings. The maximum Gasteiger partial charge on any atom is 0.329 e. The highest BCUT2D eigenvalue weighted by Crippen LogP contribution is 2.25. The van der Waals surface area contributed by atoms with E-state index in [-0.39, 0.29) is 25.0 Å². The molecule has 0 aliphatic heterocycles. The molecule has 1 amide bonds. The van der Waals surface area contributed by atoms with Crippen LogP contribution in [0.15, 0.2) is 0 Å². The van der Waals surface area contributed by atoms with Gasteiger partial charge >= 0.3 is 5.97 Å². The Balaban J connectivity index is 1.81. The summed E-state index contributed by atoms with van der Waals surface area (Å²) in [7, 11) is 0. The zero-order chi connectivity index (χ0) is 12.5. The number of hydrogen-bond donors (Lipinski definition) is 2. The van der Waals surface area contributed by atoms with E-state index in [2.05, 4.69) is 5.32 Å². The van der Waals surface area contributed by atoms with Gasteiger partial charge in [-0.05, 0) is 12.8 Å². The van der Waals surface area contributed by atoms with Crippen LogP contribution >= 0.6 is 0 Å². The van der Waals surface area contributed by atoms with E-state index in [0.29, 0.717) is 19.8 Å². The summed E-state index contributed by atoms with van der Waals surface area (Å²) in [5, 5.41) is 11.1. The van der Waals surface area contributed by atoms with Gasteiger partial charge in [-0.1, -0.05) is 6.42 Å². The van der Waals surface area contributed by atoms with Crippen LogP contribution in [0.5, 0.6) is 0 Å². The lowest BCUT2D eigenvalue weighted by Gasteiger charge is -2.23. The fraction of sp³-hybridized carbons (Fsp3) is 0.818. The molecule has 1 saturated carbocycles. The topological polar surface area (TPSA) is 84.9 Å². The second kappa shape index (κ2) is 8.03. The molecule has 0 radical (unpaired) electrons. The third-order valence-corrected chi connectivity index (χ3v) is 2.62. The van der Waals surface area contributed by atoms with Crippen molar-refractivity contribution in [1.82, 2.24) is 5.32 Å². The number of ether oxygens (including phenoxy) is 2. The molecule has 17 heavy (non-hydrogen) atoms. The highest BCUT2D eigenvalue weighted by molar-refractivity contribution is 5.79. The van der Waals surface area contributed by atoms with Crippen LogP contribution in [0.2, 0.25) is 0 Å². The molecule has 0 unspecified atom stereocenters. The van der Waals surface area contributed by atoms with Crippen LogP contribution < -0.4 is 5.32 Å². The number of hydrogen-bond acceptors (Lipinski definition) is 4. The van der Waals surface area contributed by atoms with Gasteiger partial charge in [-0.2, -0.15) is 0 Å². The summed E-state index contributed by atoms with van der Waals surface area (Å²) < 4.78 is 9.94. The molecule has 6 heteroatoms. The molecule has 1 rings (SSSR count). The smallest absolute Gasteiger partial charge is 0.329 e. The fourth-order valence-corrected chi connectivity index (χ4v) is 1.44. The van der Waals surface area contributed by atoms with Crippen molar-refractivity contribution in [3.63, 3.8) is 0 Å². The van der Waals surface area contributed by atoms with Crippen molar-refractivity contribution in [1.29, 1.82) is 0 Å². The van der Waals surface area contributed by atoms with E-state index in [1.807, 2.05) is 0 Å². The molecule has 0 atom stereocenters. The summed E-state index contributed by atoms with van der Waals surface area (Å²) in [6.45, 7) is 1.21. The molecule has 1 aliphatic carbocycles. The number of aliphatic carboxylic acids is 1. The van der Waals surface area contributed by atoms with Crippen LogP contribution in [0.1, 0.15) is 19.3 Å². The Bertz CT molecular complexity index is 252. The molecule has 0 aromatic carbocycles. The molecule has 0 saturated heterocycles. The lowest BCUT2D eigenvalue weighted by Crippen LogP contribution is -2.36. The van der Waals surface area contributed by atoms with Gasteiger partial charge in [0.05, 0.1) is 19.8 Å². The summed E-state index contributed by atoms with van der Waals surface area (Å²) in [6, 6.07) is 0. The second-order valence-corrected chi connectivity index (χ2v) is 3.98. The van der Waals surface area contributed by atoms with Crippen LogP contribution in [0.25, 0.3) is 0 Å². The average Bonchev–Trinajstić information content (AvgIpc) is 2.19. The van der Waals surface area contributed by atoms with E-state index >= 15 is 0 Å². The number of carboxylic acid groups (broad SMARTS) is 1. The van der Waals surface area contributed by atoms with Gasteiger partial charge in [-0.3, -0.25) is 4.79 Å². The highest BCUT2D eigenvalue weighted by Gasteiger charge is 2.24. The molecular formula is C11H19NO5. The summed E-state index contributed by atoms with van der Waals surface area (Å²) in [6.07, 6.45) is 3.14. The first-order chi connectivity index (χ1) is 8.20. The maximum atomic E-state index is 11.4. The summed E-state index contributed by atoms with van der Waals surface area (Å²) >= 11 is 0. The Labute approximate surface area is 100 Å². The normalized spacial score (nSPS) is 15.3. The number of rotatable bonds is 9. The van der Waals surface area contributed by atoms with Crippen molar-refractivity contribution >= 4 is 11.9 Å². The van der Waals surface area contributed by atoms with Gasteiger partial charge in [-0.25, -0.2) is 4.79 Å². The molecule has 0 aromatic heterocycles. The standard InChI is InChI=1S/C11H19NO5/c13-10(14)8-17-7-6-16-5-4-12-11(15)9-2-1-3-9/h9H,1-8H2,(H,12,15)(H,13,14). The van der Waals surface area contributed by atoms with Crippen molar-refractivity contribution in [2.24, 2.45) is 5.92 Å². The second-order valence-electron chi connectivity index (χ2n) is 3.98. The summed E-state index contributed by atoms with van der Waals surface area (Å²) in [5.74, 6) is -0.673. The van der Waals surface area contributed by atoms with E-state index in [0.717, 1.165) is 19.3 Å². The number of carbonyl (C=O) groups excluding carboxylic acids is 1. The van der Waals surface area contributed by atoms with Gasteiger partial charge in [0.2, 0.25) is 5.91 Å². The van der Waals surface area contributed by atoms with Gasteiger partial charge in [-0.15, -0.1) is 0 Å². The van der Waals surface area contributed by atoms with Crippen LogP contribution in [-0.4, -0.2) is 50.0 Å². The van der Waals surface area contributed by atoms with Crippen molar-refractivity contribution in [2.45, 2.75) is 19.3 Å². The summed E-state index contributed by atoms with van der Waals surface area (Å²) in [5.41, 5.74) is 0. The van der Waals surface area contributed by atoms with Gasteiger partial charge in [0.1, 0.15) is 6.61 Å². The minimum atomic E-state index is -0.988. The predicted octanol–water partition coefficient (Wildman–Crippen LogP) is 0.0205. The van der Waals surface area contributed by atoms with Gasteiger partial charge in [0.15, 0.2) is 0 Å². The van der Waals surface area contributed by atoms with E-state index in [1.165, 1.54) is 0 Å². The maximum absolute atomic E-state index is 11.4.